The van der Waals surface area contributed by atoms with E-state index in [1.54, 1.807) is 0 Å². The van der Waals surface area contributed by atoms with Gasteiger partial charge in [0, 0.05) is 0 Å². The second kappa shape index (κ2) is 7.93. The predicted molar refractivity (Wildman–Crippen MR) is 99.0 cm³/mol. The molecule has 0 saturated carbocycles. The molecule has 3 aromatic carbocycles. The second-order valence-electron chi connectivity index (χ2n) is 6.67. The van der Waals surface area contributed by atoms with Crippen LogP contribution in [0.1, 0.15) is 22.3 Å². The van der Waals surface area contributed by atoms with Crippen LogP contribution in [0.2, 0.25) is 0 Å². The molecule has 0 fully saturated rings. The molecule has 0 unspecified atom stereocenters. The third-order valence-corrected chi connectivity index (χ3v) is 4.16. The molecule has 0 spiro atoms. The maximum Gasteiger partial charge on any atom is 0.419 e. The molecule has 0 N–H and O–H groups in total. The second-order valence-corrected chi connectivity index (χ2v) is 6.67. The first-order chi connectivity index (χ1) is 13.9. The number of benzene rings is 3. The largest absolute Gasteiger partial charge is 0.457 e. The van der Waals surface area contributed by atoms with Gasteiger partial charge >= 0.3 is 12.4 Å². The van der Waals surface area contributed by atoms with Crippen molar-refractivity contribution < 1.29 is 35.8 Å². The maximum absolute atomic E-state index is 13.2. The molecule has 158 valence electrons. The topological polar surface area (TPSA) is 18.5 Å². The summed E-state index contributed by atoms with van der Waals surface area (Å²) in [4.78, 5) is 0. The molecule has 0 aliphatic rings. The van der Waals surface area contributed by atoms with Gasteiger partial charge in [-0.2, -0.15) is 26.3 Å². The highest BCUT2D eigenvalue weighted by Crippen LogP contribution is 2.40. The molecule has 0 atom stereocenters. The van der Waals surface area contributed by atoms with Crippen LogP contribution >= 0.6 is 0 Å². The van der Waals surface area contributed by atoms with Gasteiger partial charge in [0.2, 0.25) is 0 Å². The van der Waals surface area contributed by atoms with Gasteiger partial charge in [-0.05, 0) is 62.4 Å². The van der Waals surface area contributed by atoms with Crippen molar-refractivity contribution in [3.8, 4) is 23.0 Å². The minimum Gasteiger partial charge on any atom is -0.457 e. The van der Waals surface area contributed by atoms with Crippen molar-refractivity contribution in [2.45, 2.75) is 26.2 Å². The molecule has 3 rings (SSSR count). The zero-order valence-corrected chi connectivity index (χ0v) is 15.9. The lowest BCUT2D eigenvalue weighted by atomic mass is 10.1. The molecule has 0 aromatic heterocycles. The van der Waals surface area contributed by atoms with Crippen LogP contribution in [0.3, 0.4) is 0 Å². The Morgan fingerprint density at radius 3 is 1.17 bits per heavy atom. The average molecular weight is 426 g/mol. The number of hydrogen-bond acceptors (Lipinski definition) is 2. The number of halogens is 6. The first-order valence-corrected chi connectivity index (χ1v) is 8.75. The van der Waals surface area contributed by atoms with E-state index >= 15 is 0 Å². The van der Waals surface area contributed by atoms with Crippen LogP contribution in [0, 0.1) is 13.8 Å². The lowest BCUT2D eigenvalue weighted by Crippen LogP contribution is -2.08. The zero-order valence-electron chi connectivity index (χ0n) is 15.9. The number of ether oxygens (including phenoxy) is 2. The molecule has 0 aliphatic carbocycles. The van der Waals surface area contributed by atoms with E-state index in [9.17, 15) is 26.3 Å². The van der Waals surface area contributed by atoms with Crippen molar-refractivity contribution in [3.63, 3.8) is 0 Å². The van der Waals surface area contributed by atoms with Crippen molar-refractivity contribution in [3.05, 3.63) is 82.9 Å². The lowest BCUT2D eigenvalue weighted by molar-refractivity contribution is -0.139. The van der Waals surface area contributed by atoms with Gasteiger partial charge in [0.25, 0.3) is 0 Å². The summed E-state index contributed by atoms with van der Waals surface area (Å²) in [5.74, 6) is -0.590. The number of aryl methyl sites for hydroxylation is 2. The zero-order chi connectivity index (χ0) is 22.1. The molecule has 3 aromatic rings. The molecule has 30 heavy (non-hydrogen) atoms. The first kappa shape index (κ1) is 21.5. The molecule has 0 saturated heterocycles. The van der Waals surface area contributed by atoms with E-state index in [0.717, 1.165) is 12.1 Å². The van der Waals surface area contributed by atoms with Gasteiger partial charge in [-0.3, -0.25) is 0 Å². The molecule has 0 aliphatic heterocycles. The smallest absolute Gasteiger partial charge is 0.419 e. The average Bonchev–Trinajstić information content (AvgIpc) is 2.64. The standard InChI is InChI=1S/C22H16F6O2/c1-13-3-9-19(17(11-13)21(23,24)25)29-15-5-7-16(8-6-15)30-20-10-4-14(2)12-18(20)22(26,27)28/h3-12H,1-2H3. The van der Waals surface area contributed by atoms with Crippen LogP contribution in [0.25, 0.3) is 0 Å². The Morgan fingerprint density at radius 2 is 0.867 bits per heavy atom. The van der Waals surface area contributed by atoms with Gasteiger partial charge in [0.1, 0.15) is 23.0 Å². The molecule has 0 heterocycles. The van der Waals surface area contributed by atoms with Crippen LogP contribution in [-0.4, -0.2) is 0 Å². The summed E-state index contributed by atoms with van der Waals surface area (Å²) in [6, 6.07) is 12.6. The fourth-order valence-electron chi connectivity index (χ4n) is 2.74. The lowest BCUT2D eigenvalue weighted by Gasteiger charge is -2.16. The normalized spacial score (nSPS) is 12.0. The van der Waals surface area contributed by atoms with E-state index in [1.165, 1.54) is 62.4 Å². The highest BCUT2D eigenvalue weighted by molar-refractivity contribution is 5.45. The summed E-state index contributed by atoms with van der Waals surface area (Å²) in [5.41, 5.74) is -0.983. The van der Waals surface area contributed by atoms with Crippen molar-refractivity contribution in [1.82, 2.24) is 0 Å². The highest BCUT2D eigenvalue weighted by atomic mass is 19.4. The van der Waals surface area contributed by atoms with Crippen molar-refractivity contribution in [2.24, 2.45) is 0 Å². The van der Waals surface area contributed by atoms with Crippen molar-refractivity contribution in [2.75, 3.05) is 0 Å². The van der Waals surface area contributed by atoms with E-state index in [4.69, 9.17) is 9.47 Å². The Kier molecular flexibility index (Phi) is 5.70. The maximum atomic E-state index is 13.2. The SMILES string of the molecule is Cc1ccc(Oc2ccc(Oc3ccc(C)cc3C(F)(F)F)cc2)c(C(F)(F)F)c1. The van der Waals surface area contributed by atoms with Gasteiger partial charge in [-0.15, -0.1) is 0 Å². The van der Waals surface area contributed by atoms with E-state index in [1.807, 2.05) is 0 Å². The van der Waals surface area contributed by atoms with Crippen molar-refractivity contribution in [1.29, 1.82) is 0 Å². The van der Waals surface area contributed by atoms with E-state index < -0.39 is 23.5 Å². The predicted octanol–water partition coefficient (Wildman–Crippen LogP) is 7.93. The van der Waals surface area contributed by atoms with Gasteiger partial charge in [0.05, 0.1) is 11.1 Å². The van der Waals surface area contributed by atoms with E-state index in [2.05, 4.69) is 0 Å². The third kappa shape index (κ3) is 5.06. The Bertz CT molecular complexity index is 952. The minimum absolute atomic E-state index is 0.0802. The van der Waals surface area contributed by atoms with Gasteiger partial charge in [-0.1, -0.05) is 23.3 Å². The number of alkyl halides is 6. The molecule has 0 radical (unpaired) electrons. The molecular weight excluding hydrogens is 410 g/mol. The van der Waals surface area contributed by atoms with Gasteiger partial charge in [0.15, 0.2) is 0 Å². The molecule has 0 amide bonds. The van der Waals surface area contributed by atoms with Crippen LogP contribution in [0.4, 0.5) is 26.3 Å². The highest BCUT2D eigenvalue weighted by Gasteiger charge is 2.35. The Hall–Kier alpha value is -3.16. The summed E-state index contributed by atoms with van der Waals surface area (Å²) < 4.78 is 89.9. The summed E-state index contributed by atoms with van der Waals surface area (Å²) >= 11 is 0. The Labute approximate surface area is 168 Å². The monoisotopic (exact) mass is 426 g/mol. The van der Waals surface area contributed by atoms with E-state index in [0.29, 0.717) is 11.1 Å². The van der Waals surface area contributed by atoms with Gasteiger partial charge in [-0.25, -0.2) is 0 Å². The third-order valence-electron chi connectivity index (χ3n) is 4.16. The Morgan fingerprint density at radius 1 is 0.533 bits per heavy atom. The van der Waals surface area contributed by atoms with Gasteiger partial charge < -0.3 is 9.47 Å². The fourth-order valence-corrected chi connectivity index (χ4v) is 2.74. The minimum atomic E-state index is -4.59. The van der Waals surface area contributed by atoms with Crippen LogP contribution < -0.4 is 9.47 Å². The van der Waals surface area contributed by atoms with Crippen molar-refractivity contribution >= 4 is 0 Å². The quantitative estimate of drug-likeness (QED) is 0.395. The molecule has 2 nitrogen and oxygen atoms in total. The fraction of sp³-hybridized carbons (Fsp3) is 0.182. The number of rotatable bonds is 4. The van der Waals surface area contributed by atoms with Crippen LogP contribution in [0.5, 0.6) is 23.0 Å². The molecule has 0 bridgehead atoms. The van der Waals surface area contributed by atoms with Crippen LogP contribution in [0.15, 0.2) is 60.7 Å². The molecular formula is C22H16F6O2. The number of hydrogen-bond donors (Lipinski definition) is 0. The summed E-state index contributed by atoms with van der Waals surface area (Å²) in [6.45, 7) is 3.07. The Balaban J connectivity index is 1.83. The first-order valence-electron chi connectivity index (χ1n) is 8.75. The van der Waals surface area contributed by atoms with E-state index in [-0.39, 0.29) is 23.0 Å². The molecule has 8 heteroatoms. The summed E-state index contributed by atoms with van der Waals surface area (Å²) in [7, 11) is 0. The summed E-state index contributed by atoms with van der Waals surface area (Å²) in [5, 5.41) is 0. The van der Waals surface area contributed by atoms with Crippen LogP contribution in [-0.2, 0) is 12.4 Å². The summed E-state index contributed by atoms with van der Waals surface area (Å²) in [6.07, 6.45) is -9.19.